The molecule has 0 aromatic heterocycles. The van der Waals surface area contributed by atoms with E-state index in [-0.39, 0.29) is 18.5 Å². The number of carbonyl (C=O) groups is 1. The van der Waals surface area contributed by atoms with Crippen LogP contribution in [0.2, 0.25) is 0 Å². The van der Waals surface area contributed by atoms with Gasteiger partial charge >= 0.3 is 11.8 Å². The van der Waals surface area contributed by atoms with Gasteiger partial charge in [0.1, 0.15) is 5.60 Å². The lowest BCUT2D eigenvalue weighted by molar-refractivity contribution is -0.385. The van der Waals surface area contributed by atoms with Crippen molar-refractivity contribution in [2.45, 2.75) is 39.3 Å². The summed E-state index contributed by atoms with van der Waals surface area (Å²) in [6.45, 7) is 2.50. The second kappa shape index (κ2) is 5.82. The van der Waals surface area contributed by atoms with E-state index in [0.717, 1.165) is 17.0 Å². The summed E-state index contributed by atoms with van der Waals surface area (Å²) < 4.78 is 48.0. The van der Waals surface area contributed by atoms with Crippen molar-refractivity contribution in [2.24, 2.45) is 0 Å². The molecule has 0 fully saturated rings. The van der Waals surface area contributed by atoms with Crippen LogP contribution in [0.1, 0.15) is 38.8 Å². The Morgan fingerprint density at radius 1 is 1.45 bits per heavy atom. The monoisotopic (exact) mass is 313 g/mol. The van der Waals surface area contributed by atoms with Crippen LogP contribution in [-0.4, -0.2) is 35.1 Å². The van der Waals surface area contributed by atoms with Gasteiger partial charge in [-0.05, 0) is 44.4 Å². The lowest BCUT2D eigenvalue weighted by atomic mass is 9.98. The lowest BCUT2D eigenvalue weighted by Gasteiger charge is -2.31. The maximum atomic E-state index is 12.3. The molecule has 0 radical (unpaired) electrons. The van der Waals surface area contributed by atoms with E-state index >= 15 is 0 Å². The molecule has 7 heteroatoms. The van der Waals surface area contributed by atoms with Gasteiger partial charge in [0.05, 0.1) is 18.8 Å². The third-order valence-corrected chi connectivity index (χ3v) is 2.97. The molecule has 7 nitrogen and oxygen atoms in total. The number of amides is 1. The standard InChI is InChI=1S/C15H20N2O5/c1-15(2,3)22-14(18)16-6-5-10-8-13(21-4)12(17(19)20)7-11(10)9-16/h7-8H,5-6,9H2,1-4H3/i4D3,9D2. The van der Waals surface area contributed by atoms with E-state index in [1.807, 2.05) is 0 Å². The molecule has 1 aromatic rings. The summed E-state index contributed by atoms with van der Waals surface area (Å²) in [5.74, 6) is -0.472. The van der Waals surface area contributed by atoms with Gasteiger partial charge in [0.25, 0.3) is 0 Å². The Bertz CT molecular complexity index is 773. The van der Waals surface area contributed by atoms with Crippen LogP contribution in [0.15, 0.2) is 12.1 Å². The molecule has 1 aromatic carbocycles. The van der Waals surface area contributed by atoms with Gasteiger partial charge in [0.2, 0.25) is 0 Å². The number of nitro groups is 1. The number of nitrogens with zero attached hydrogens (tertiary/aromatic N) is 2. The molecule has 0 spiro atoms. The van der Waals surface area contributed by atoms with Crippen molar-refractivity contribution in [1.82, 2.24) is 4.90 Å². The Balaban J connectivity index is 2.49. The van der Waals surface area contributed by atoms with E-state index in [4.69, 9.17) is 16.3 Å². The number of hydrogen-bond acceptors (Lipinski definition) is 5. The van der Waals surface area contributed by atoms with E-state index in [1.165, 1.54) is 0 Å². The van der Waals surface area contributed by atoms with Crippen LogP contribution in [0.25, 0.3) is 0 Å². The summed E-state index contributed by atoms with van der Waals surface area (Å²) in [4.78, 5) is 23.7. The molecule has 120 valence electrons. The zero-order chi connectivity index (χ0) is 20.8. The van der Waals surface area contributed by atoms with Gasteiger partial charge in [-0.2, -0.15) is 0 Å². The summed E-state index contributed by atoms with van der Waals surface area (Å²) in [5, 5.41) is 11.3. The van der Waals surface area contributed by atoms with Crippen LogP contribution in [0.3, 0.4) is 0 Å². The fourth-order valence-corrected chi connectivity index (χ4v) is 2.03. The Kier molecular flexibility index (Phi) is 2.76. The van der Waals surface area contributed by atoms with Crippen molar-refractivity contribution < 1.29 is 26.0 Å². The molecule has 0 bridgehead atoms. The number of nitro benzene ring substituents is 1. The summed E-state index contributed by atoms with van der Waals surface area (Å²) in [5.41, 5.74) is -1.31. The molecule has 0 saturated carbocycles. The maximum absolute atomic E-state index is 12.3. The second-order valence-corrected chi connectivity index (χ2v) is 5.83. The van der Waals surface area contributed by atoms with Crippen LogP contribution in [0.5, 0.6) is 5.75 Å². The smallest absolute Gasteiger partial charge is 0.410 e. The van der Waals surface area contributed by atoms with E-state index in [9.17, 15) is 14.9 Å². The Labute approximate surface area is 136 Å². The summed E-state index contributed by atoms with van der Waals surface area (Å²) in [6.07, 6.45) is -0.729. The highest BCUT2D eigenvalue weighted by Crippen LogP contribution is 2.33. The average Bonchev–Trinajstić information content (AvgIpc) is 2.42. The molecular weight excluding hydrogens is 288 g/mol. The third kappa shape index (κ3) is 3.47. The minimum atomic E-state index is -2.89. The van der Waals surface area contributed by atoms with E-state index in [2.05, 4.69) is 0 Å². The van der Waals surface area contributed by atoms with Crippen LogP contribution < -0.4 is 4.74 Å². The first-order valence-corrected chi connectivity index (χ1v) is 6.63. The topological polar surface area (TPSA) is 81.9 Å². The number of rotatable bonds is 2. The molecule has 0 aliphatic carbocycles. The van der Waals surface area contributed by atoms with Crippen molar-refractivity contribution >= 4 is 11.8 Å². The van der Waals surface area contributed by atoms with Crippen molar-refractivity contribution in [3.05, 3.63) is 33.4 Å². The molecular formula is C15H20N2O5. The van der Waals surface area contributed by atoms with Crippen molar-refractivity contribution in [3.8, 4) is 5.75 Å². The number of ether oxygens (including phenoxy) is 2. The third-order valence-electron chi connectivity index (χ3n) is 2.97. The molecule has 22 heavy (non-hydrogen) atoms. The molecule has 1 heterocycles. The van der Waals surface area contributed by atoms with Gasteiger partial charge in [-0.3, -0.25) is 10.1 Å². The SMILES string of the molecule is [2H]C([2H])([2H])Oc1cc2c(cc1[N+](=O)[O-])C([2H])([2H])N(C(=O)OC(C)(C)C)CC2. The van der Waals surface area contributed by atoms with Crippen molar-refractivity contribution in [3.63, 3.8) is 0 Å². The maximum Gasteiger partial charge on any atom is 0.410 e. The van der Waals surface area contributed by atoms with Crippen LogP contribution in [-0.2, 0) is 17.7 Å². The highest BCUT2D eigenvalue weighted by Gasteiger charge is 2.28. The zero-order valence-corrected chi connectivity index (χ0v) is 12.5. The van der Waals surface area contributed by atoms with Gasteiger partial charge in [-0.15, -0.1) is 0 Å². The van der Waals surface area contributed by atoms with Crippen molar-refractivity contribution in [2.75, 3.05) is 13.6 Å². The fraction of sp³-hybridized carbons (Fsp3) is 0.533. The van der Waals surface area contributed by atoms with Gasteiger partial charge in [-0.1, -0.05) is 0 Å². The van der Waals surface area contributed by atoms with E-state index < -0.39 is 41.6 Å². The predicted molar refractivity (Wildman–Crippen MR) is 80.0 cm³/mol. The van der Waals surface area contributed by atoms with E-state index in [0.29, 0.717) is 5.56 Å². The number of benzene rings is 1. The minimum absolute atomic E-state index is 0.0417. The summed E-state index contributed by atoms with van der Waals surface area (Å²) in [6, 6.07) is 2.05. The molecule has 1 aliphatic heterocycles. The predicted octanol–water partition coefficient (Wildman–Crippen LogP) is 2.90. The molecule has 0 saturated heterocycles. The first kappa shape index (κ1) is 10.4. The second-order valence-electron chi connectivity index (χ2n) is 5.83. The lowest BCUT2D eigenvalue weighted by Crippen LogP contribution is -2.39. The quantitative estimate of drug-likeness (QED) is 0.619. The zero-order valence-electron chi connectivity index (χ0n) is 17.5. The molecule has 0 unspecified atom stereocenters. The highest BCUT2D eigenvalue weighted by molar-refractivity contribution is 5.69. The molecule has 1 aliphatic rings. The largest absolute Gasteiger partial charge is 0.490 e. The minimum Gasteiger partial charge on any atom is -0.490 e. The first-order chi connectivity index (χ1) is 12.1. The first-order valence-electron chi connectivity index (χ1n) is 9.13. The van der Waals surface area contributed by atoms with Crippen LogP contribution in [0.4, 0.5) is 10.5 Å². The highest BCUT2D eigenvalue weighted by atomic mass is 16.6. The van der Waals surface area contributed by atoms with Gasteiger partial charge in [-0.25, -0.2) is 4.79 Å². The number of methoxy groups -OCH3 is 1. The van der Waals surface area contributed by atoms with Crippen LogP contribution in [0, 0.1) is 10.1 Å². The Morgan fingerprint density at radius 2 is 2.18 bits per heavy atom. The summed E-state index contributed by atoms with van der Waals surface area (Å²) in [7, 11) is -2.89. The Hall–Kier alpha value is -2.31. The fourth-order valence-electron chi connectivity index (χ4n) is 2.03. The van der Waals surface area contributed by atoms with Gasteiger partial charge in [0, 0.05) is 19.1 Å². The molecule has 0 atom stereocenters. The van der Waals surface area contributed by atoms with Crippen molar-refractivity contribution in [1.29, 1.82) is 0 Å². The number of carbonyl (C=O) groups excluding carboxylic acids is 1. The Morgan fingerprint density at radius 3 is 2.77 bits per heavy atom. The normalized spacial score (nSPS) is 20.5. The number of hydrogen-bond donors (Lipinski definition) is 0. The van der Waals surface area contributed by atoms with Crippen LogP contribution >= 0.6 is 0 Å². The number of fused-ring (bicyclic) bond motifs is 1. The van der Waals surface area contributed by atoms with Gasteiger partial charge in [0.15, 0.2) is 5.75 Å². The van der Waals surface area contributed by atoms with Gasteiger partial charge < -0.3 is 14.4 Å². The molecule has 1 amide bonds. The average molecular weight is 313 g/mol. The molecule has 0 N–H and O–H groups in total. The van der Waals surface area contributed by atoms with E-state index in [1.54, 1.807) is 20.8 Å². The molecule has 2 rings (SSSR count). The summed E-state index contributed by atoms with van der Waals surface area (Å²) >= 11 is 0.